The average molecular weight is 153 g/mol. The monoisotopic (exact) mass is 152 g/mol. The van der Waals surface area contributed by atoms with Crippen molar-refractivity contribution in [2.45, 2.75) is 19.8 Å². The van der Waals surface area contributed by atoms with E-state index >= 15 is 0 Å². The fraction of sp³-hybridized carbons (Fsp3) is 0.667. The molecule has 0 bridgehead atoms. The van der Waals surface area contributed by atoms with E-state index in [1.807, 2.05) is 6.92 Å². The van der Waals surface area contributed by atoms with Gasteiger partial charge in [-0.3, -0.25) is 0 Å². The summed E-state index contributed by atoms with van der Waals surface area (Å²) in [5.74, 6) is 0. The zero-order chi connectivity index (χ0) is 7.11. The normalized spacial score (nSPS) is 11.7. The largest absolute Gasteiger partial charge is 0.497 e. The Hall–Kier alpha value is -0.240. The molecule has 0 radical (unpaired) electrons. The molecule has 9 heavy (non-hydrogen) atoms. The first kappa shape index (κ1) is 8.76. The molecule has 0 N–H and O–H groups in total. The Morgan fingerprint density at radius 2 is 2.44 bits per heavy atom. The van der Waals surface area contributed by atoms with E-state index in [9.17, 15) is 4.39 Å². The molecule has 0 atom stereocenters. The fourth-order valence-electron chi connectivity index (χ4n) is 0.350. The van der Waals surface area contributed by atoms with E-state index in [4.69, 9.17) is 11.6 Å². The lowest BCUT2D eigenvalue weighted by Crippen LogP contribution is -1.84. The van der Waals surface area contributed by atoms with Crippen LogP contribution in [0.2, 0.25) is 0 Å². The summed E-state index contributed by atoms with van der Waals surface area (Å²) in [6.07, 6.45) is 2.88. The van der Waals surface area contributed by atoms with Crippen molar-refractivity contribution in [1.29, 1.82) is 0 Å². The molecule has 54 valence electrons. The smallest absolute Gasteiger partial charge is 0.223 e. The summed E-state index contributed by atoms with van der Waals surface area (Å²) in [4.78, 5) is 0. The first-order chi connectivity index (χ1) is 4.27. The van der Waals surface area contributed by atoms with Gasteiger partial charge in [-0.05, 0) is 18.0 Å². The predicted molar refractivity (Wildman–Crippen MR) is 35.9 cm³/mol. The van der Waals surface area contributed by atoms with Crippen molar-refractivity contribution in [1.82, 2.24) is 0 Å². The first-order valence-corrected chi connectivity index (χ1v) is 3.28. The van der Waals surface area contributed by atoms with Gasteiger partial charge in [0.2, 0.25) is 5.29 Å². The molecule has 0 spiro atoms. The minimum atomic E-state index is -0.800. The van der Waals surface area contributed by atoms with Crippen LogP contribution in [0.1, 0.15) is 19.8 Å². The van der Waals surface area contributed by atoms with E-state index in [1.54, 1.807) is 0 Å². The Bertz CT molecular complexity index is 89.1. The topological polar surface area (TPSA) is 9.23 Å². The Morgan fingerprint density at radius 3 is 2.89 bits per heavy atom. The Morgan fingerprint density at radius 1 is 1.78 bits per heavy atom. The molecule has 0 aliphatic rings. The molecule has 0 aliphatic heterocycles. The van der Waals surface area contributed by atoms with Crippen LogP contribution in [0.4, 0.5) is 4.39 Å². The van der Waals surface area contributed by atoms with E-state index in [1.165, 1.54) is 0 Å². The number of unbranched alkanes of at least 4 members (excludes halogenated alkanes) is 1. The first-order valence-electron chi connectivity index (χ1n) is 2.90. The van der Waals surface area contributed by atoms with Crippen molar-refractivity contribution in [3.05, 3.63) is 11.5 Å². The number of hydrogen-bond acceptors (Lipinski definition) is 1. The van der Waals surface area contributed by atoms with Crippen LogP contribution in [0, 0.1) is 0 Å². The second-order valence-electron chi connectivity index (χ2n) is 1.63. The average Bonchev–Trinajstić information content (AvgIpc) is 1.80. The lowest BCUT2D eigenvalue weighted by atomic mass is 10.4. The van der Waals surface area contributed by atoms with Crippen molar-refractivity contribution in [2.24, 2.45) is 0 Å². The van der Waals surface area contributed by atoms with Gasteiger partial charge in [-0.25, -0.2) is 0 Å². The minimum absolute atomic E-state index is 0.538. The summed E-state index contributed by atoms with van der Waals surface area (Å²) < 4.78 is 16.3. The van der Waals surface area contributed by atoms with Crippen LogP contribution < -0.4 is 0 Å². The molecule has 0 fully saturated rings. The predicted octanol–water partition coefficient (Wildman–Crippen LogP) is 2.81. The quantitative estimate of drug-likeness (QED) is 0.445. The van der Waals surface area contributed by atoms with Crippen molar-refractivity contribution in [2.75, 3.05) is 6.61 Å². The van der Waals surface area contributed by atoms with E-state index in [0.29, 0.717) is 6.61 Å². The number of halogens is 2. The molecule has 3 heteroatoms. The standard InChI is InChI=1S/C6H10ClFO/c1-2-3-4-9-5-6(7)8/h5H,2-4H2,1H3/b6-5-. The van der Waals surface area contributed by atoms with E-state index in [-0.39, 0.29) is 0 Å². The third-order valence-electron chi connectivity index (χ3n) is 0.788. The van der Waals surface area contributed by atoms with Crippen molar-refractivity contribution >= 4 is 11.6 Å². The van der Waals surface area contributed by atoms with Gasteiger partial charge >= 0.3 is 0 Å². The summed E-state index contributed by atoms with van der Waals surface area (Å²) in [6.45, 7) is 2.57. The highest BCUT2D eigenvalue weighted by Gasteiger charge is 1.84. The molecule has 0 aromatic heterocycles. The van der Waals surface area contributed by atoms with Gasteiger partial charge in [0.25, 0.3) is 0 Å². The Kier molecular flexibility index (Phi) is 5.73. The van der Waals surface area contributed by atoms with Crippen LogP contribution in [0.3, 0.4) is 0 Å². The number of hydrogen-bond donors (Lipinski definition) is 0. The van der Waals surface area contributed by atoms with E-state index in [2.05, 4.69) is 4.74 Å². The minimum Gasteiger partial charge on any atom is -0.497 e. The molecule has 0 saturated heterocycles. The van der Waals surface area contributed by atoms with Gasteiger partial charge in [0.1, 0.15) is 6.26 Å². The summed E-state index contributed by atoms with van der Waals surface area (Å²) in [6, 6.07) is 0. The molecule has 0 heterocycles. The summed E-state index contributed by atoms with van der Waals surface area (Å²) in [5, 5.41) is -0.800. The zero-order valence-corrected chi connectivity index (χ0v) is 6.12. The SMILES string of the molecule is CCCCO/C=C(\F)Cl. The fourth-order valence-corrected chi connectivity index (χ4v) is 0.413. The van der Waals surface area contributed by atoms with Gasteiger partial charge in [-0.2, -0.15) is 4.39 Å². The lowest BCUT2D eigenvalue weighted by Gasteiger charge is -1.95. The number of rotatable bonds is 4. The van der Waals surface area contributed by atoms with Crippen LogP contribution in [0.25, 0.3) is 0 Å². The third-order valence-corrected chi connectivity index (χ3v) is 0.877. The maximum atomic E-state index is 11.6. The Labute approximate surface area is 59.5 Å². The molecule has 0 amide bonds. The maximum Gasteiger partial charge on any atom is 0.223 e. The van der Waals surface area contributed by atoms with E-state index < -0.39 is 5.29 Å². The van der Waals surface area contributed by atoms with Crippen LogP contribution in [-0.2, 0) is 4.74 Å². The van der Waals surface area contributed by atoms with Gasteiger partial charge in [0.15, 0.2) is 0 Å². The molecule has 1 nitrogen and oxygen atoms in total. The van der Waals surface area contributed by atoms with Gasteiger partial charge in [0.05, 0.1) is 6.61 Å². The van der Waals surface area contributed by atoms with Crippen LogP contribution in [0.5, 0.6) is 0 Å². The van der Waals surface area contributed by atoms with Crippen LogP contribution in [-0.4, -0.2) is 6.61 Å². The zero-order valence-electron chi connectivity index (χ0n) is 5.36. The molecule has 0 aromatic rings. The second kappa shape index (κ2) is 5.89. The van der Waals surface area contributed by atoms with Crippen LogP contribution in [0.15, 0.2) is 11.5 Å². The van der Waals surface area contributed by atoms with Gasteiger partial charge in [-0.15, -0.1) is 0 Å². The van der Waals surface area contributed by atoms with Gasteiger partial charge < -0.3 is 4.74 Å². The molecule has 0 unspecified atom stereocenters. The summed E-state index contributed by atoms with van der Waals surface area (Å²) >= 11 is 4.83. The Balaban J connectivity index is 3.00. The van der Waals surface area contributed by atoms with Crippen molar-refractivity contribution in [3.63, 3.8) is 0 Å². The van der Waals surface area contributed by atoms with Crippen LogP contribution >= 0.6 is 11.6 Å². The van der Waals surface area contributed by atoms with Gasteiger partial charge in [0, 0.05) is 0 Å². The maximum absolute atomic E-state index is 11.6. The highest BCUT2D eigenvalue weighted by molar-refractivity contribution is 6.27. The number of ether oxygens (including phenoxy) is 1. The second-order valence-corrected chi connectivity index (χ2v) is 1.99. The highest BCUT2D eigenvalue weighted by atomic mass is 35.5. The molecular formula is C6H10ClFO. The van der Waals surface area contributed by atoms with Crippen molar-refractivity contribution in [3.8, 4) is 0 Å². The molecular weight excluding hydrogens is 143 g/mol. The lowest BCUT2D eigenvalue weighted by molar-refractivity contribution is 0.237. The molecule has 0 aliphatic carbocycles. The molecule has 0 saturated carbocycles. The molecule has 0 rings (SSSR count). The summed E-state index contributed by atoms with van der Waals surface area (Å²) in [5.41, 5.74) is 0. The van der Waals surface area contributed by atoms with Gasteiger partial charge in [-0.1, -0.05) is 13.3 Å². The highest BCUT2D eigenvalue weighted by Crippen LogP contribution is 2.01. The summed E-state index contributed by atoms with van der Waals surface area (Å²) in [7, 11) is 0. The van der Waals surface area contributed by atoms with E-state index in [0.717, 1.165) is 19.1 Å². The van der Waals surface area contributed by atoms with Crippen molar-refractivity contribution < 1.29 is 9.13 Å². The molecule has 0 aromatic carbocycles. The third kappa shape index (κ3) is 7.76.